The van der Waals surface area contributed by atoms with E-state index in [1.54, 1.807) is 0 Å². The fourth-order valence-corrected chi connectivity index (χ4v) is 2.47. The van der Waals surface area contributed by atoms with Crippen LogP contribution in [-0.2, 0) is 9.59 Å². The summed E-state index contributed by atoms with van der Waals surface area (Å²) in [5, 5.41) is 11.3. The molecule has 0 unspecified atom stereocenters. The van der Waals surface area contributed by atoms with Crippen LogP contribution >= 0.6 is 11.8 Å². The zero-order chi connectivity index (χ0) is 13.8. The van der Waals surface area contributed by atoms with Crippen LogP contribution < -0.4 is 5.32 Å². The fraction of sp³-hybridized carbons (Fsp3) is 0.800. The highest BCUT2D eigenvalue weighted by Gasteiger charge is 2.31. The molecular weight excluding hydrogens is 271 g/mol. The molecule has 1 amide bonds. The van der Waals surface area contributed by atoms with E-state index >= 15 is 0 Å². The number of hydrogen-bond donors (Lipinski definition) is 2. The molecule has 1 fully saturated rings. The lowest BCUT2D eigenvalue weighted by atomic mass is 10.1. The topological polar surface area (TPSA) is 66.4 Å². The van der Waals surface area contributed by atoms with Gasteiger partial charge in [-0.1, -0.05) is 0 Å². The SMILES string of the molecule is O=C(CSCC(F)(F)F)N[C@@H]1CC[C@H](C(=O)O)C1. The van der Waals surface area contributed by atoms with E-state index < -0.39 is 29.7 Å². The number of thioether (sulfide) groups is 1. The summed E-state index contributed by atoms with van der Waals surface area (Å²) in [5.41, 5.74) is 0. The first-order chi connectivity index (χ1) is 8.28. The van der Waals surface area contributed by atoms with Crippen LogP contribution in [0.3, 0.4) is 0 Å². The molecule has 0 spiro atoms. The van der Waals surface area contributed by atoms with Crippen molar-refractivity contribution in [3.8, 4) is 0 Å². The largest absolute Gasteiger partial charge is 0.481 e. The number of amides is 1. The highest BCUT2D eigenvalue weighted by Crippen LogP contribution is 2.26. The Bertz CT molecular complexity index is 322. The first kappa shape index (κ1) is 15.1. The van der Waals surface area contributed by atoms with Crippen molar-refractivity contribution < 1.29 is 27.9 Å². The molecule has 2 atom stereocenters. The second-order valence-corrected chi connectivity index (χ2v) is 5.21. The zero-order valence-corrected chi connectivity index (χ0v) is 10.3. The Balaban J connectivity index is 2.20. The third-order valence-electron chi connectivity index (χ3n) is 2.65. The number of carbonyl (C=O) groups is 2. The summed E-state index contributed by atoms with van der Waals surface area (Å²) >= 11 is 0.505. The van der Waals surface area contributed by atoms with Gasteiger partial charge in [-0.25, -0.2) is 0 Å². The predicted molar refractivity (Wildman–Crippen MR) is 60.3 cm³/mol. The summed E-state index contributed by atoms with van der Waals surface area (Å²) in [6, 6.07) is -0.231. The number of carboxylic acid groups (broad SMARTS) is 1. The second-order valence-electron chi connectivity index (χ2n) is 4.22. The van der Waals surface area contributed by atoms with Crippen LogP contribution in [0.2, 0.25) is 0 Å². The van der Waals surface area contributed by atoms with Crippen LogP contribution in [0, 0.1) is 5.92 Å². The lowest BCUT2D eigenvalue weighted by Crippen LogP contribution is -2.34. The van der Waals surface area contributed by atoms with E-state index in [9.17, 15) is 22.8 Å². The third-order valence-corrected chi connectivity index (χ3v) is 3.64. The molecular formula is C10H14F3NO3S. The number of hydrogen-bond acceptors (Lipinski definition) is 3. The third kappa shape index (κ3) is 5.61. The molecule has 18 heavy (non-hydrogen) atoms. The summed E-state index contributed by atoms with van der Waals surface area (Å²) in [6.45, 7) is 0. The molecule has 0 radical (unpaired) electrons. The van der Waals surface area contributed by atoms with Crippen LogP contribution in [0.25, 0.3) is 0 Å². The number of halogens is 3. The summed E-state index contributed by atoms with van der Waals surface area (Å²) in [4.78, 5) is 22.0. The summed E-state index contributed by atoms with van der Waals surface area (Å²) < 4.78 is 35.5. The van der Waals surface area contributed by atoms with Crippen molar-refractivity contribution in [1.29, 1.82) is 0 Å². The van der Waals surface area contributed by atoms with E-state index in [0.29, 0.717) is 31.0 Å². The van der Waals surface area contributed by atoms with Gasteiger partial charge < -0.3 is 10.4 Å². The Hall–Kier alpha value is -0.920. The number of carbonyl (C=O) groups excluding carboxylic acids is 1. The Morgan fingerprint density at radius 3 is 2.50 bits per heavy atom. The smallest absolute Gasteiger partial charge is 0.397 e. The van der Waals surface area contributed by atoms with Crippen molar-refractivity contribution in [3.63, 3.8) is 0 Å². The van der Waals surface area contributed by atoms with Crippen LogP contribution in [0.4, 0.5) is 13.2 Å². The van der Waals surface area contributed by atoms with Gasteiger partial charge in [-0.2, -0.15) is 13.2 Å². The number of alkyl halides is 3. The van der Waals surface area contributed by atoms with E-state index in [1.165, 1.54) is 0 Å². The van der Waals surface area contributed by atoms with Gasteiger partial charge in [0, 0.05) is 6.04 Å². The van der Waals surface area contributed by atoms with Crippen molar-refractivity contribution in [3.05, 3.63) is 0 Å². The Labute approximate surface area is 106 Å². The Morgan fingerprint density at radius 1 is 1.33 bits per heavy atom. The minimum absolute atomic E-state index is 0.231. The van der Waals surface area contributed by atoms with Gasteiger partial charge in [-0.3, -0.25) is 9.59 Å². The van der Waals surface area contributed by atoms with Gasteiger partial charge in [-0.15, -0.1) is 11.8 Å². The molecule has 104 valence electrons. The molecule has 2 N–H and O–H groups in total. The maximum atomic E-state index is 11.8. The predicted octanol–water partition coefficient (Wildman–Crippen LogP) is 1.65. The van der Waals surface area contributed by atoms with Crippen molar-refractivity contribution in [1.82, 2.24) is 5.32 Å². The molecule has 1 aliphatic carbocycles. The van der Waals surface area contributed by atoms with Crippen molar-refractivity contribution >= 4 is 23.6 Å². The van der Waals surface area contributed by atoms with Gasteiger partial charge >= 0.3 is 12.1 Å². The van der Waals surface area contributed by atoms with E-state index in [4.69, 9.17) is 5.11 Å². The van der Waals surface area contributed by atoms with Crippen LogP contribution in [0.5, 0.6) is 0 Å². The number of nitrogens with one attached hydrogen (secondary N) is 1. The number of carboxylic acids is 1. The first-order valence-electron chi connectivity index (χ1n) is 5.44. The maximum Gasteiger partial charge on any atom is 0.397 e. The molecule has 1 aliphatic rings. The lowest BCUT2D eigenvalue weighted by Gasteiger charge is -2.12. The molecule has 0 aromatic carbocycles. The first-order valence-corrected chi connectivity index (χ1v) is 6.60. The van der Waals surface area contributed by atoms with Gasteiger partial charge in [0.2, 0.25) is 5.91 Å². The van der Waals surface area contributed by atoms with Gasteiger partial charge in [0.05, 0.1) is 17.4 Å². The molecule has 4 nitrogen and oxygen atoms in total. The molecule has 0 aromatic heterocycles. The monoisotopic (exact) mass is 285 g/mol. The van der Waals surface area contributed by atoms with Gasteiger partial charge in [-0.05, 0) is 19.3 Å². The lowest BCUT2D eigenvalue weighted by molar-refractivity contribution is -0.141. The molecule has 1 rings (SSSR count). The van der Waals surface area contributed by atoms with Crippen LogP contribution in [0.15, 0.2) is 0 Å². The molecule has 0 heterocycles. The second kappa shape index (κ2) is 6.31. The molecule has 0 aromatic rings. The van der Waals surface area contributed by atoms with Crippen LogP contribution in [-0.4, -0.2) is 40.7 Å². The molecule has 0 aliphatic heterocycles. The highest BCUT2D eigenvalue weighted by atomic mass is 32.2. The summed E-state index contributed by atoms with van der Waals surface area (Å²) in [7, 11) is 0. The molecule has 1 saturated carbocycles. The van der Waals surface area contributed by atoms with Crippen molar-refractivity contribution in [2.75, 3.05) is 11.5 Å². The van der Waals surface area contributed by atoms with E-state index in [2.05, 4.69) is 5.32 Å². The maximum absolute atomic E-state index is 11.8. The van der Waals surface area contributed by atoms with Crippen molar-refractivity contribution in [2.45, 2.75) is 31.5 Å². The number of rotatable bonds is 5. The minimum Gasteiger partial charge on any atom is -0.481 e. The van der Waals surface area contributed by atoms with Crippen LogP contribution in [0.1, 0.15) is 19.3 Å². The van der Waals surface area contributed by atoms with E-state index in [-0.39, 0.29) is 11.8 Å². The number of aliphatic carboxylic acids is 1. The summed E-state index contributed by atoms with van der Waals surface area (Å²) in [6.07, 6.45) is -2.86. The fourth-order valence-electron chi connectivity index (χ4n) is 1.87. The Kier molecular flexibility index (Phi) is 5.30. The molecule has 0 saturated heterocycles. The molecule has 8 heteroatoms. The van der Waals surface area contributed by atoms with Gasteiger partial charge in [0.1, 0.15) is 0 Å². The summed E-state index contributed by atoms with van der Waals surface area (Å²) in [5.74, 6) is -3.13. The Morgan fingerprint density at radius 2 is 2.00 bits per heavy atom. The molecule has 0 bridgehead atoms. The highest BCUT2D eigenvalue weighted by molar-refractivity contribution is 8.00. The average molecular weight is 285 g/mol. The zero-order valence-electron chi connectivity index (χ0n) is 9.50. The quantitative estimate of drug-likeness (QED) is 0.806. The van der Waals surface area contributed by atoms with Gasteiger partial charge in [0.25, 0.3) is 0 Å². The minimum atomic E-state index is -4.27. The van der Waals surface area contributed by atoms with E-state index in [1.807, 2.05) is 0 Å². The average Bonchev–Trinajstić information content (AvgIpc) is 2.64. The van der Waals surface area contributed by atoms with Crippen molar-refractivity contribution in [2.24, 2.45) is 5.92 Å². The normalized spacial score (nSPS) is 23.9. The van der Waals surface area contributed by atoms with Gasteiger partial charge in [0.15, 0.2) is 0 Å². The standard InChI is InChI=1S/C10H14F3NO3S/c11-10(12,13)5-18-4-8(15)14-7-2-1-6(3-7)9(16)17/h6-7H,1-5H2,(H,14,15)(H,16,17)/t6-,7+/m0/s1. The van der Waals surface area contributed by atoms with E-state index in [0.717, 1.165) is 0 Å².